The van der Waals surface area contributed by atoms with E-state index in [1.54, 1.807) is 11.8 Å². The molecule has 0 aromatic heterocycles. The zero-order valence-corrected chi connectivity index (χ0v) is 12.2. The molecule has 1 aliphatic rings. The first-order chi connectivity index (χ1) is 10.2. The SMILES string of the molecule is O=C(NNc1cc(C(F)(F)F)ccc1F)C1(O)CCSCC1. The molecule has 0 bridgehead atoms. The van der Waals surface area contributed by atoms with Gasteiger partial charge in [0.25, 0.3) is 5.91 Å². The average Bonchev–Trinajstić information content (AvgIpc) is 2.45. The maximum atomic E-state index is 13.5. The lowest BCUT2D eigenvalue weighted by molar-refractivity contribution is -0.139. The van der Waals surface area contributed by atoms with Crippen molar-refractivity contribution in [3.63, 3.8) is 0 Å². The lowest BCUT2D eigenvalue weighted by atomic mass is 9.96. The van der Waals surface area contributed by atoms with Gasteiger partial charge in [-0.1, -0.05) is 0 Å². The number of nitrogens with one attached hydrogen (secondary N) is 2. The summed E-state index contributed by atoms with van der Waals surface area (Å²) in [5, 5.41) is 10.1. The van der Waals surface area contributed by atoms with Gasteiger partial charge in [-0.3, -0.25) is 15.6 Å². The molecule has 22 heavy (non-hydrogen) atoms. The van der Waals surface area contributed by atoms with Crippen LogP contribution in [-0.4, -0.2) is 28.1 Å². The summed E-state index contributed by atoms with van der Waals surface area (Å²) >= 11 is 1.59. The van der Waals surface area contributed by atoms with Gasteiger partial charge < -0.3 is 5.11 Å². The van der Waals surface area contributed by atoms with Crippen molar-refractivity contribution in [2.24, 2.45) is 0 Å². The first kappa shape index (κ1) is 16.9. The predicted octanol–water partition coefficient (Wildman–Crippen LogP) is 2.55. The topological polar surface area (TPSA) is 61.4 Å². The molecule has 1 aromatic carbocycles. The smallest absolute Gasteiger partial charge is 0.380 e. The Morgan fingerprint density at radius 1 is 1.27 bits per heavy atom. The summed E-state index contributed by atoms with van der Waals surface area (Å²) in [7, 11) is 0. The van der Waals surface area contributed by atoms with E-state index in [4.69, 9.17) is 0 Å². The maximum Gasteiger partial charge on any atom is 0.416 e. The molecule has 9 heteroatoms. The van der Waals surface area contributed by atoms with Crippen LogP contribution < -0.4 is 10.9 Å². The molecular formula is C13H14F4N2O2S. The minimum atomic E-state index is -4.62. The van der Waals surface area contributed by atoms with Crippen LogP contribution >= 0.6 is 11.8 Å². The van der Waals surface area contributed by atoms with Crippen LogP contribution in [-0.2, 0) is 11.0 Å². The van der Waals surface area contributed by atoms with Gasteiger partial charge in [-0.2, -0.15) is 24.9 Å². The normalized spacial score (nSPS) is 17.9. The van der Waals surface area contributed by atoms with Gasteiger partial charge in [0.05, 0.1) is 11.3 Å². The van der Waals surface area contributed by atoms with Crippen molar-refractivity contribution in [1.29, 1.82) is 0 Å². The van der Waals surface area contributed by atoms with Crippen LogP contribution in [0.5, 0.6) is 0 Å². The third kappa shape index (κ3) is 3.83. The van der Waals surface area contributed by atoms with Crippen molar-refractivity contribution < 1.29 is 27.5 Å². The fourth-order valence-electron chi connectivity index (χ4n) is 1.97. The van der Waals surface area contributed by atoms with Crippen LogP contribution in [0.3, 0.4) is 0 Å². The Bertz CT molecular complexity index is 559. The Balaban J connectivity index is 2.06. The van der Waals surface area contributed by atoms with Crippen molar-refractivity contribution in [2.75, 3.05) is 16.9 Å². The molecule has 0 radical (unpaired) electrons. The summed E-state index contributed by atoms with van der Waals surface area (Å²) in [5.41, 5.74) is 1.03. The number of hydrazine groups is 1. The van der Waals surface area contributed by atoms with Gasteiger partial charge >= 0.3 is 6.18 Å². The van der Waals surface area contributed by atoms with E-state index in [1.807, 2.05) is 0 Å². The summed E-state index contributed by atoms with van der Waals surface area (Å²) < 4.78 is 51.2. The number of rotatable bonds is 3. The fraction of sp³-hybridized carbons (Fsp3) is 0.462. The molecule has 1 aromatic rings. The molecule has 0 atom stereocenters. The number of alkyl halides is 3. The van der Waals surface area contributed by atoms with E-state index in [1.165, 1.54) is 0 Å². The standard InChI is InChI=1S/C13H14F4N2O2S/c14-9-2-1-8(13(15,16)17)7-10(9)18-19-11(20)12(21)3-5-22-6-4-12/h1-2,7,18,21H,3-6H2,(H,19,20). The molecule has 0 aliphatic carbocycles. The Morgan fingerprint density at radius 3 is 2.50 bits per heavy atom. The number of anilines is 1. The van der Waals surface area contributed by atoms with E-state index in [0.717, 1.165) is 0 Å². The first-order valence-electron chi connectivity index (χ1n) is 6.46. The number of carbonyl (C=O) groups excluding carboxylic acids is 1. The number of hydrogen-bond acceptors (Lipinski definition) is 4. The molecule has 2 rings (SSSR count). The van der Waals surface area contributed by atoms with E-state index in [0.29, 0.717) is 29.7 Å². The summed E-state index contributed by atoms with van der Waals surface area (Å²) in [5.74, 6) is -0.534. The van der Waals surface area contributed by atoms with Crippen molar-refractivity contribution in [1.82, 2.24) is 5.43 Å². The van der Waals surface area contributed by atoms with E-state index in [2.05, 4.69) is 10.9 Å². The third-order valence-corrected chi connectivity index (χ3v) is 4.33. The number of aliphatic hydroxyl groups is 1. The Kier molecular flexibility index (Phi) is 4.86. The number of benzene rings is 1. The highest BCUT2D eigenvalue weighted by Gasteiger charge is 2.37. The predicted molar refractivity (Wildman–Crippen MR) is 74.7 cm³/mol. The second kappa shape index (κ2) is 6.33. The van der Waals surface area contributed by atoms with Crippen LogP contribution in [0.2, 0.25) is 0 Å². The highest BCUT2D eigenvalue weighted by molar-refractivity contribution is 7.99. The molecule has 0 saturated carbocycles. The molecule has 1 heterocycles. The molecule has 1 amide bonds. The second-order valence-electron chi connectivity index (χ2n) is 4.92. The number of hydrogen-bond donors (Lipinski definition) is 3. The van der Waals surface area contributed by atoms with Gasteiger partial charge in [-0.25, -0.2) is 4.39 Å². The van der Waals surface area contributed by atoms with Gasteiger partial charge in [-0.05, 0) is 42.5 Å². The van der Waals surface area contributed by atoms with Gasteiger partial charge in [-0.15, -0.1) is 0 Å². The summed E-state index contributed by atoms with van der Waals surface area (Å²) in [6, 6.07) is 1.81. The van der Waals surface area contributed by atoms with Crippen molar-refractivity contribution in [3.05, 3.63) is 29.6 Å². The van der Waals surface area contributed by atoms with Crippen molar-refractivity contribution in [3.8, 4) is 0 Å². The van der Waals surface area contributed by atoms with Crippen LogP contribution in [0.15, 0.2) is 18.2 Å². The minimum absolute atomic E-state index is 0.232. The van der Waals surface area contributed by atoms with Crippen LogP contribution in [0.25, 0.3) is 0 Å². The van der Waals surface area contributed by atoms with Crippen LogP contribution in [0.1, 0.15) is 18.4 Å². The third-order valence-electron chi connectivity index (χ3n) is 3.35. The van der Waals surface area contributed by atoms with E-state index < -0.39 is 34.8 Å². The molecular weight excluding hydrogens is 324 g/mol. The maximum absolute atomic E-state index is 13.5. The quantitative estimate of drug-likeness (QED) is 0.586. The Labute approximate surface area is 128 Å². The van der Waals surface area contributed by atoms with E-state index in [9.17, 15) is 27.5 Å². The molecule has 4 nitrogen and oxygen atoms in total. The average molecular weight is 338 g/mol. The molecule has 1 fully saturated rings. The van der Waals surface area contributed by atoms with Gasteiger partial charge in [0.1, 0.15) is 11.4 Å². The van der Waals surface area contributed by atoms with E-state index >= 15 is 0 Å². The molecule has 1 saturated heterocycles. The molecule has 122 valence electrons. The van der Waals surface area contributed by atoms with Gasteiger partial charge in [0.15, 0.2) is 0 Å². The lowest BCUT2D eigenvalue weighted by Gasteiger charge is -2.30. The lowest BCUT2D eigenvalue weighted by Crippen LogP contribution is -2.50. The Hall–Kier alpha value is -1.48. The highest BCUT2D eigenvalue weighted by atomic mass is 32.2. The number of carbonyl (C=O) groups is 1. The highest BCUT2D eigenvalue weighted by Crippen LogP contribution is 2.32. The number of thioether (sulfide) groups is 1. The second-order valence-corrected chi connectivity index (χ2v) is 6.14. The molecule has 0 spiro atoms. The number of amides is 1. The number of halogens is 4. The molecule has 1 aliphatic heterocycles. The van der Waals surface area contributed by atoms with Crippen molar-refractivity contribution >= 4 is 23.4 Å². The van der Waals surface area contributed by atoms with E-state index in [-0.39, 0.29) is 12.8 Å². The van der Waals surface area contributed by atoms with Gasteiger partial charge in [0, 0.05) is 0 Å². The van der Waals surface area contributed by atoms with Crippen molar-refractivity contribution in [2.45, 2.75) is 24.6 Å². The van der Waals surface area contributed by atoms with Crippen LogP contribution in [0, 0.1) is 5.82 Å². The molecule has 3 N–H and O–H groups in total. The minimum Gasteiger partial charge on any atom is -0.380 e. The molecule has 0 unspecified atom stereocenters. The zero-order chi connectivity index (χ0) is 16.4. The largest absolute Gasteiger partial charge is 0.416 e. The first-order valence-corrected chi connectivity index (χ1v) is 7.61. The summed E-state index contributed by atoms with van der Waals surface area (Å²) in [6.45, 7) is 0. The fourth-order valence-corrected chi connectivity index (χ4v) is 3.14. The Morgan fingerprint density at radius 2 is 1.91 bits per heavy atom. The summed E-state index contributed by atoms with van der Waals surface area (Å²) in [6.07, 6.45) is -4.15. The van der Waals surface area contributed by atoms with Crippen LogP contribution in [0.4, 0.5) is 23.2 Å². The van der Waals surface area contributed by atoms with Gasteiger partial charge in [0.2, 0.25) is 0 Å². The zero-order valence-electron chi connectivity index (χ0n) is 11.3. The monoisotopic (exact) mass is 338 g/mol. The summed E-state index contributed by atoms with van der Waals surface area (Å²) in [4.78, 5) is 11.9.